The van der Waals surface area contributed by atoms with Crippen molar-refractivity contribution in [1.82, 2.24) is 0 Å². The highest BCUT2D eigenvalue weighted by atomic mass is 15.1. The van der Waals surface area contributed by atoms with Crippen molar-refractivity contribution in [2.75, 3.05) is 9.80 Å². The van der Waals surface area contributed by atoms with Crippen LogP contribution in [0.5, 0.6) is 0 Å². The number of benzene rings is 9. The molecule has 1 aliphatic carbocycles. The Labute approximate surface area is 419 Å². The molecule has 70 heavy (non-hydrogen) atoms. The molecule has 9 aromatic rings. The van der Waals surface area contributed by atoms with Gasteiger partial charge < -0.3 is 9.80 Å². The Morgan fingerprint density at radius 1 is 0.429 bits per heavy atom. The molecule has 2 nitrogen and oxygen atoms in total. The van der Waals surface area contributed by atoms with Crippen LogP contribution in [-0.2, 0) is 0 Å². The van der Waals surface area contributed by atoms with E-state index in [4.69, 9.17) is 0 Å². The maximum Gasteiger partial charge on any atom is 0.0468 e. The lowest BCUT2D eigenvalue weighted by Gasteiger charge is -2.29. The molecule has 0 aliphatic heterocycles. The fourth-order valence-electron chi connectivity index (χ4n) is 10.8. The van der Waals surface area contributed by atoms with Gasteiger partial charge in [0, 0.05) is 34.1 Å². The maximum absolute atomic E-state index is 2.45. The number of nitrogens with zero attached hydrogens (tertiary/aromatic N) is 2. The second-order valence-corrected chi connectivity index (χ2v) is 20.4. The first-order valence-corrected chi connectivity index (χ1v) is 26.3. The largest absolute Gasteiger partial charge is 0.310 e. The summed E-state index contributed by atoms with van der Waals surface area (Å²) >= 11 is 0. The van der Waals surface area contributed by atoms with Crippen LogP contribution < -0.4 is 9.80 Å². The highest BCUT2D eigenvalue weighted by molar-refractivity contribution is 6.22. The second-order valence-electron chi connectivity index (χ2n) is 20.4. The molecule has 2 heteroatoms. The second kappa shape index (κ2) is 22.2. The summed E-state index contributed by atoms with van der Waals surface area (Å²) in [6, 6.07) is 73.3. The predicted molar refractivity (Wildman–Crippen MR) is 305 cm³/mol. The van der Waals surface area contributed by atoms with Gasteiger partial charge in [0.25, 0.3) is 0 Å². The van der Waals surface area contributed by atoms with Gasteiger partial charge in [0.15, 0.2) is 0 Å². The minimum Gasteiger partial charge on any atom is -0.310 e. The summed E-state index contributed by atoms with van der Waals surface area (Å²) in [6.45, 7) is 15.4. The average molecular weight is 917 g/mol. The van der Waals surface area contributed by atoms with Crippen molar-refractivity contribution < 1.29 is 0 Å². The molecular weight excluding hydrogens is 845 g/mol. The van der Waals surface area contributed by atoms with Crippen LogP contribution in [0, 0.1) is 19.8 Å². The molecular formula is C68H72N2. The minimum absolute atomic E-state index is 0.576. The molecule has 0 heterocycles. The number of anilines is 6. The lowest BCUT2D eigenvalue weighted by Crippen LogP contribution is -2.11. The zero-order chi connectivity index (χ0) is 48.6. The van der Waals surface area contributed by atoms with E-state index in [1.807, 2.05) is 0 Å². The fraction of sp³-hybridized carbons (Fsp3) is 0.265. The molecule has 1 unspecified atom stereocenters. The van der Waals surface area contributed by atoms with Crippen molar-refractivity contribution in [3.63, 3.8) is 0 Å². The van der Waals surface area contributed by atoms with E-state index in [2.05, 4.69) is 252 Å². The number of hydrogen-bond donors (Lipinski definition) is 0. The summed E-state index contributed by atoms with van der Waals surface area (Å²) < 4.78 is 0. The van der Waals surface area contributed by atoms with Crippen molar-refractivity contribution in [2.24, 2.45) is 5.92 Å². The van der Waals surface area contributed by atoms with Crippen molar-refractivity contribution >= 4 is 55.7 Å². The summed E-state index contributed by atoms with van der Waals surface area (Å²) in [5.41, 5.74) is 17.2. The van der Waals surface area contributed by atoms with Crippen LogP contribution >= 0.6 is 0 Å². The Balaban J connectivity index is 0.00000147. The van der Waals surface area contributed by atoms with Gasteiger partial charge in [0.1, 0.15) is 0 Å². The van der Waals surface area contributed by atoms with E-state index in [-0.39, 0.29) is 0 Å². The summed E-state index contributed by atoms with van der Waals surface area (Å²) in [5, 5.41) is 4.93. The third kappa shape index (κ3) is 10.6. The lowest BCUT2D eigenvalue weighted by atomic mass is 9.84. The molecule has 354 valence electrons. The summed E-state index contributed by atoms with van der Waals surface area (Å²) in [5.74, 6) is 2.07. The van der Waals surface area contributed by atoms with E-state index < -0.39 is 0 Å². The molecule has 10 rings (SSSR count). The van der Waals surface area contributed by atoms with E-state index in [1.54, 1.807) is 0 Å². The average Bonchev–Trinajstić information content (AvgIpc) is 3.39. The number of hydrogen-bond acceptors (Lipinski definition) is 2. The van der Waals surface area contributed by atoms with Gasteiger partial charge in [-0.05, 0) is 185 Å². The van der Waals surface area contributed by atoms with Gasteiger partial charge in [0.05, 0.1) is 0 Å². The maximum atomic E-state index is 2.45. The number of rotatable bonds is 13. The molecule has 1 fully saturated rings. The molecule has 0 amide bonds. The van der Waals surface area contributed by atoms with E-state index in [0.29, 0.717) is 11.8 Å². The van der Waals surface area contributed by atoms with E-state index in [9.17, 15) is 0 Å². The molecule has 0 spiro atoms. The van der Waals surface area contributed by atoms with Crippen LogP contribution in [-0.4, -0.2) is 0 Å². The zero-order valence-corrected chi connectivity index (χ0v) is 42.8. The van der Waals surface area contributed by atoms with Gasteiger partial charge in [-0.2, -0.15) is 0 Å². The molecule has 1 aliphatic rings. The highest BCUT2D eigenvalue weighted by Crippen LogP contribution is 2.49. The lowest BCUT2D eigenvalue weighted by molar-refractivity contribution is 0.443. The van der Waals surface area contributed by atoms with E-state index in [1.165, 1.54) is 117 Å². The predicted octanol–water partition coefficient (Wildman–Crippen LogP) is 20.9. The molecule has 1 saturated carbocycles. The first-order valence-electron chi connectivity index (χ1n) is 26.3. The molecule has 0 N–H and O–H groups in total. The molecule has 0 saturated heterocycles. The van der Waals surface area contributed by atoms with Crippen molar-refractivity contribution in [3.8, 4) is 22.3 Å². The van der Waals surface area contributed by atoms with Crippen molar-refractivity contribution in [1.29, 1.82) is 0 Å². The van der Waals surface area contributed by atoms with Crippen LogP contribution in [0.1, 0.15) is 120 Å². The van der Waals surface area contributed by atoms with Crippen LogP contribution in [0.2, 0.25) is 0 Å². The van der Waals surface area contributed by atoms with Crippen molar-refractivity contribution in [2.45, 2.75) is 112 Å². The topological polar surface area (TPSA) is 6.48 Å². The molecule has 0 aromatic heterocycles. The van der Waals surface area contributed by atoms with Gasteiger partial charge in [-0.25, -0.2) is 0 Å². The Kier molecular flexibility index (Phi) is 15.3. The van der Waals surface area contributed by atoms with Crippen LogP contribution in [0.3, 0.4) is 0 Å². The zero-order valence-electron chi connectivity index (χ0n) is 42.8. The fourth-order valence-corrected chi connectivity index (χ4v) is 10.8. The first kappa shape index (κ1) is 48.1. The third-order valence-corrected chi connectivity index (χ3v) is 14.3. The summed E-state index contributed by atoms with van der Waals surface area (Å²) in [7, 11) is 0. The van der Waals surface area contributed by atoms with Crippen LogP contribution in [0.25, 0.3) is 43.8 Å². The van der Waals surface area contributed by atoms with Crippen molar-refractivity contribution in [3.05, 3.63) is 216 Å². The van der Waals surface area contributed by atoms with Gasteiger partial charge in [0.2, 0.25) is 0 Å². The molecule has 0 radical (unpaired) electrons. The first-order chi connectivity index (χ1) is 34.2. The Morgan fingerprint density at radius 3 is 1.21 bits per heavy atom. The third-order valence-electron chi connectivity index (χ3n) is 14.3. The molecule has 1 atom stereocenters. The normalized spacial score (nSPS) is 13.3. The van der Waals surface area contributed by atoms with Gasteiger partial charge >= 0.3 is 0 Å². The quantitative estimate of drug-likeness (QED) is 0.106. The summed E-state index contributed by atoms with van der Waals surface area (Å²) in [6.07, 6.45) is 10.2. The monoisotopic (exact) mass is 917 g/mol. The molecule has 0 bridgehead atoms. The van der Waals surface area contributed by atoms with Gasteiger partial charge in [-0.15, -0.1) is 0 Å². The smallest absolute Gasteiger partial charge is 0.0468 e. The van der Waals surface area contributed by atoms with Crippen LogP contribution in [0.15, 0.2) is 194 Å². The Bertz CT molecular complexity index is 2890. The van der Waals surface area contributed by atoms with E-state index >= 15 is 0 Å². The SMILES string of the molecule is CC(C)C.CCCC(CC)c1ccc(N(c2ccc(C)cc2)c2ccc3c(-c4ccccc4)c4cc(N(c5ccc(C)cc5)c5ccc(C6CCCCC6)cc5)ccc4c(-c4ccccc4)c3c2)cc1. The highest BCUT2D eigenvalue weighted by Gasteiger charge is 2.23. The van der Waals surface area contributed by atoms with Crippen LogP contribution in [0.4, 0.5) is 34.1 Å². The summed E-state index contributed by atoms with van der Waals surface area (Å²) in [4.78, 5) is 4.89. The Hall–Kier alpha value is -6.90. The Morgan fingerprint density at radius 2 is 0.814 bits per heavy atom. The number of fused-ring (bicyclic) bond motifs is 2. The van der Waals surface area contributed by atoms with E-state index in [0.717, 1.165) is 40.8 Å². The molecule has 9 aromatic carbocycles. The van der Waals surface area contributed by atoms with Gasteiger partial charge in [-0.1, -0.05) is 193 Å². The standard InChI is InChI=1S/C64H62N2.C4H10/c1-5-16-47(6-2)49-27-35-55(36-28-49)65(53-31-23-45(3)24-32-53)57-39-41-59-61(43-57)63(51-19-12-8-13-20-51)60-42-40-58(44-62(60)64(59)52-21-14-9-15-22-52)66(54-33-25-46(4)26-34-54)56-37-29-50(30-38-56)48-17-10-7-11-18-48;1-4(2)3/h8-9,12-15,19-44,47-48H,5-7,10-11,16-18H2,1-4H3;4H,1-3H3. The minimum atomic E-state index is 0.576. The number of aryl methyl sites for hydroxylation is 2. The van der Waals surface area contributed by atoms with Gasteiger partial charge in [-0.3, -0.25) is 0 Å².